The molecule has 262 valence electrons. The van der Waals surface area contributed by atoms with E-state index in [1.54, 1.807) is 0 Å². The van der Waals surface area contributed by atoms with Crippen LogP contribution in [0, 0.1) is 0 Å². The summed E-state index contributed by atoms with van der Waals surface area (Å²) < 4.78 is 0. The second-order valence-corrected chi connectivity index (χ2v) is 16.3. The predicted octanol–water partition coefficient (Wildman–Crippen LogP) is 13.4. The molecule has 1 aliphatic carbocycles. The van der Waals surface area contributed by atoms with Crippen molar-refractivity contribution in [3.63, 3.8) is 0 Å². The number of hydrogen-bond acceptors (Lipinski definition) is 6. The summed E-state index contributed by atoms with van der Waals surface area (Å²) in [6.07, 6.45) is 0. The van der Waals surface area contributed by atoms with Gasteiger partial charge in [0.05, 0.1) is 16.8 Å². The molecular formula is C50H30N4S2. The van der Waals surface area contributed by atoms with Crippen molar-refractivity contribution in [2.45, 2.75) is 5.41 Å². The first-order valence-electron chi connectivity index (χ1n) is 18.7. The molecule has 0 radical (unpaired) electrons. The molecule has 1 spiro atoms. The van der Waals surface area contributed by atoms with Gasteiger partial charge in [-0.3, -0.25) is 0 Å². The Kier molecular flexibility index (Phi) is 6.85. The Morgan fingerprint density at radius 2 is 0.768 bits per heavy atom. The zero-order chi connectivity index (χ0) is 36.8. The van der Waals surface area contributed by atoms with Crippen LogP contribution in [0.25, 0.3) is 65.5 Å². The van der Waals surface area contributed by atoms with Crippen LogP contribution in [0.5, 0.6) is 0 Å². The third-order valence-electron chi connectivity index (χ3n) is 11.4. The number of fused-ring (bicyclic) bond motifs is 11. The number of aromatic nitrogens is 3. The number of rotatable bonds is 4. The molecule has 1 aliphatic heterocycles. The molecule has 0 bridgehead atoms. The molecule has 4 heterocycles. The number of benzene rings is 7. The average Bonchev–Trinajstić information content (AvgIpc) is 4.00. The minimum absolute atomic E-state index is 0.452. The molecule has 7 aromatic carbocycles. The number of nitrogens with zero attached hydrogens (tertiary/aromatic N) is 4. The molecule has 12 rings (SSSR count). The van der Waals surface area contributed by atoms with Crippen molar-refractivity contribution in [1.29, 1.82) is 0 Å². The van der Waals surface area contributed by atoms with Crippen LogP contribution in [0.1, 0.15) is 22.3 Å². The van der Waals surface area contributed by atoms with Gasteiger partial charge in [-0.1, -0.05) is 109 Å². The summed E-state index contributed by atoms with van der Waals surface area (Å²) in [5.41, 5.74) is 11.2. The SMILES string of the molecule is c1ccc(-c2nc(-c3ccccc3)nc(-c3ccc(N4c5cc6ccccc6cc5C5(c6cc7ccccc7cc64)c4ccsc4-c4sccc45)cc3)n2)cc1. The Morgan fingerprint density at radius 1 is 0.375 bits per heavy atom. The normalized spacial score (nSPS) is 13.5. The van der Waals surface area contributed by atoms with E-state index in [1.165, 1.54) is 64.9 Å². The van der Waals surface area contributed by atoms with E-state index in [0.29, 0.717) is 17.5 Å². The highest BCUT2D eigenvalue weighted by Crippen LogP contribution is 2.66. The van der Waals surface area contributed by atoms with E-state index in [9.17, 15) is 0 Å². The summed E-state index contributed by atoms with van der Waals surface area (Å²) in [5, 5.41) is 9.46. The lowest BCUT2D eigenvalue weighted by atomic mass is 9.64. The number of thiophene rings is 2. The van der Waals surface area contributed by atoms with Gasteiger partial charge in [-0.05, 0) is 115 Å². The van der Waals surface area contributed by atoms with E-state index in [4.69, 9.17) is 15.0 Å². The molecule has 2 aliphatic rings. The lowest BCUT2D eigenvalue weighted by molar-refractivity contribution is 0.759. The Labute approximate surface area is 331 Å². The third kappa shape index (κ3) is 4.54. The number of hydrogen-bond donors (Lipinski definition) is 0. The van der Waals surface area contributed by atoms with E-state index in [0.717, 1.165) is 22.4 Å². The second kappa shape index (κ2) is 12.1. The fourth-order valence-electron chi connectivity index (χ4n) is 8.96. The van der Waals surface area contributed by atoms with Crippen molar-refractivity contribution in [3.8, 4) is 43.9 Å². The highest BCUT2D eigenvalue weighted by Gasteiger charge is 2.53. The van der Waals surface area contributed by atoms with E-state index in [1.807, 2.05) is 83.3 Å². The fraction of sp³-hybridized carbons (Fsp3) is 0.0200. The molecule has 10 aromatic rings. The predicted molar refractivity (Wildman–Crippen MR) is 232 cm³/mol. The average molecular weight is 751 g/mol. The van der Waals surface area contributed by atoms with Gasteiger partial charge in [0, 0.05) is 32.1 Å². The van der Waals surface area contributed by atoms with Crippen molar-refractivity contribution in [2.24, 2.45) is 0 Å². The summed E-state index contributed by atoms with van der Waals surface area (Å²) in [6, 6.07) is 61.0. The van der Waals surface area contributed by atoms with Gasteiger partial charge in [0.25, 0.3) is 0 Å². The summed E-state index contributed by atoms with van der Waals surface area (Å²) in [7, 11) is 0. The van der Waals surface area contributed by atoms with Crippen LogP contribution >= 0.6 is 22.7 Å². The largest absolute Gasteiger partial charge is 0.310 e. The topological polar surface area (TPSA) is 41.9 Å². The highest BCUT2D eigenvalue weighted by atomic mass is 32.1. The molecule has 4 nitrogen and oxygen atoms in total. The first kappa shape index (κ1) is 31.6. The van der Waals surface area contributed by atoms with Crippen molar-refractivity contribution >= 4 is 61.3 Å². The van der Waals surface area contributed by atoms with Crippen LogP contribution in [0.4, 0.5) is 17.1 Å². The van der Waals surface area contributed by atoms with Crippen LogP contribution < -0.4 is 4.90 Å². The fourth-order valence-corrected chi connectivity index (χ4v) is 11.1. The standard InChI is InChI=1S/C50H30N4S2/c1-3-11-31(12-4-1)47-51-48(32-13-5-2-6-14-32)53-49(52-47)33-19-21-38(22-20-33)54-43-29-36-17-9-7-15-34(36)27-41(43)50(39-23-25-55-45(39)46-40(50)24-26-56-46)42-28-35-16-8-10-18-37(35)30-44(42)54/h1-30H. The van der Waals surface area contributed by atoms with Crippen LogP contribution in [-0.4, -0.2) is 15.0 Å². The molecular weight excluding hydrogens is 721 g/mol. The number of anilines is 3. The van der Waals surface area contributed by atoms with Crippen molar-refractivity contribution in [1.82, 2.24) is 15.0 Å². The van der Waals surface area contributed by atoms with Gasteiger partial charge >= 0.3 is 0 Å². The van der Waals surface area contributed by atoms with Crippen molar-refractivity contribution < 1.29 is 0 Å². The van der Waals surface area contributed by atoms with Crippen LogP contribution in [0.3, 0.4) is 0 Å². The van der Waals surface area contributed by atoms with Crippen molar-refractivity contribution in [3.05, 3.63) is 203 Å². The monoisotopic (exact) mass is 750 g/mol. The van der Waals surface area contributed by atoms with Crippen molar-refractivity contribution in [2.75, 3.05) is 4.90 Å². The summed E-state index contributed by atoms with van der Waals surface area (Å²) >= 11 is 3.72. The first-order chi connectivity index (χ1) is 27.7. The maximum absolute atomic E-state index is 5.03. The lowest BCUT2D eigenvalue weighted by Crippen LogP contribution is -2.36. The van der Waals surface area contributed by atoms with E-state index in [2.05, 4.69) is 125 Å². The minimum Gasteiger partial charge on any atom is -0.310 e. The molecule has 6 heteroatoms. The smallest absolute Gasteiger partial charge is 0.164 e. The van der Waals surface area contributed by atoms with Crippen LogP contribution in [-0.2, 0) is 5.41 Å². The van der Waals surface area contributed by atoms with Gasteiger partial charge in [0.2, 0.25) is 0 Å². The molecule has 0 fully saturated rings. The molecule has 0 unspecified atom stereocenters. The molecule has 0 atom stereocenters. The Hall–Kier alpha value is -6.73. The van der Waals surface area contributed by atoms with Gasteiger partial charge in [0.1, 0.15) is 0 Å². The van der Waals surface area contributed by atoms with E-state index in [-0.39, 0.29) is 0 Å². The molecule has 56 heavy (non-hydrogen) atoms. The van der Waals surface area contributed by atoms with Gasteiger partial charge < -0.3 is 4.90 Å². The molecule has 3 aromatic heterocycles. The lowest BCUT2D eigenvalue weighted by Gasteiger charge is -2.45. The van der Waals surface area contributed by atoms with Crippen LogP contribution in [0.2, 0.25) is 0 Å². The van der Waals surface area contributed by atoms with Crippen LogP contribution in [0.15, 0.2) is 181 Å². The highest BCUT2D eigenvalue weighted by molar-refractivity contribution is 7.21. The maximum Gasteiger partial charge on any atom is 0.164 e. The Bertz CT molecular complexity index is 2960. The van der Waals surface area contributed by atoms with E-state index < -0.39 is 5.41 Å². The molecule has 0 N–H and O–H groups in total. The van der Waals surface area contributed by atoms with Gasteiger partial charge in [-0.15, -0.1) is 22.7 Å². The minimum atomic E-state index is -0.452. The first-order valence-corrected chi connectivity index (χ1v) is 20.5. The quantitative estimate of drug-likeness (QED) is 0.180. The summed E-state index contributed by atoms with van der Waals surface area (Å²) in [6.45, 7) is 0. The third-order valence-corrected chi connectivity index (χ3v) is 13.4. The van der Waals surface area contributed by atoms with Gasteiger partial charge in [-0.2, -0.15) is 0 Å². The zero-order valence-electron chi connectivity index (χ0n) is 29.9. The summed E-state index contributed by atoms with van der Waals surface area (Å²) in [5.74, 6) is 1.94. The van der Waals surface area contributed by atoms with Gasteiger partial charge in [0.15, 0.2) is 17.5 Å². The van der Waals surface area contributed by atoms with E-state index >= 15 is 0 Å². The Morgan fingerprint density at radius 3 is 1.21 bits per heavy atom. The molecule has 0 saturated heterocycles. The molecule has 0 amide bonds. The maximum atomic E-state index is 5.03. The summed E-state index contributed by atoms with van der Waals surface area (Å²) in [4.78, 5) is 20.2. The second-order valence-electron chi connectivity index (χ2n) is 14.4. The van der Waals surface area contributed by atoms with Gasteiger partial charge in [-0.25, -0.2) is 15.0 Å². The Balaban J connectivity index is 1.09. The molecule has 0 saturated carbocycles. The zero-order valence-corrected chi connectivity index (χ0v) is 31.6.